The van der Waals surface area contributed by atoms with Crippen LogP contribution >= 0.6 is 0 Å². The van der Waals surface area contributed by atoms with Gasteiger partial charge in [-0.05, 0) is 11.1 Å². The molecule has 0 spiro atoms. The van der Waals surface area contributed by atoms with Crippen LogP contribution in [-0.4, -0.2) is 20.4 Å². The third kappa shape index (κ3) is 3.55. The molecule has 25 heavy (non-hydrogen) atoms. The first kappa shape index (κ1) is 16.4. The summed E-state index contributed by atoms with van der Waals surface area (Å²) in [5.41, 5.74) is 7.07. The molecule has 3 aromatic rings. The van der Waals surface area contributed by atoms with Crippen LogP contribution < -0.4 is 5.73 Å². The van der Waals surface area contributed by atoms with Crippen molar-refractivity contribution in [1.29, 1.82) is 0 Å². The predicted molar refractivity (Wildman–Crippen MR) is 91.9 cm³/mol. The number of imidazole rings is 1. The molecule has 2 N–H and O–H groups in total. The Hall–Kier alpha value is -3.48. The van der Waals surface area contributed by atoms with E-state index in [-0.39, 0.29) is 18.2 Å². The summed E-state index contributed by atoms with van der Waals surface area (Å²) < 4.78 is 1.88. The van der Waals surface area contributed by atoms with E-state index >= 15 is 0 Å². The molecule has 0 aliphatic carbocycles. The molecule has 1 aromatic heterocycles. The van der Waals surface area contributed by atoms with E-state index in [9.17, 15) is 14.9 Å². The SMILES string of the molecule is NC(=O)Cc1ccc(C(c2ccccc2)n2ccnc2)cc1[N+](=O)[O-]. The Labute approximate surface area is 143 Å². The Morgan fingerprint density at radius 3 is 2.56 bits per heavy atom. The fraction of sp³-hybridized carbons (Fsp3) is 0.111. The molecule has 2 aromatic carbocycles. The molecule has 0 saturated carbocycles. The highest BCUT2D eigenvalue weighted by Gasteiger charge is 2.22. The van der Waals surface area contributed by atoms with Crippen LogP contribution in [0.3, 0.4) is 0 Å². The van der Waals surface area contributed by atoms with Crippen LogP contribution in [0.2, 0.25) is 0 Å². The molecule has 3 rings (SSSR count). The van der Waals surface area contributed by atoms with E-state index in [4.69, 9.17) is 5.73 Å². The summed E-state index contributed by atoms with van der Waals surface area (Å²) in [6.07, 6.45) is 4.96. The van der Waals surface area contributed by atoms with Crippen LogP contribution in [-0.2, 0) is 11.2 Å². The lowest BCUT2D eigenvalue weighted by Crippen LogP contribution is -2.15. The number of rotatable bonds is 6. The summed E-state index contributed by atoms with van der Waals surface area (Å²) in [6.45, 7) is 0. The maximum atomic E-state index is 11.4. The van der Waals surface area contributed by atoms with Crippen LogP contribution in [0.4, 0.5) is 5.69 Å². The highest BCUT2D eigenvalue weighted by Crippen LogP contribution is 2.30. The minimum atomic E-state index is -0.606. The summed E-state index contributed by atoms with van der Waals surface area (Å²) in [7, 11) is 0. The number of hydrogen-bond donors (Lipinski definition) is 1. The van der Waals surface area contributed by atoms with Crippen LogP contribution in [0.15, 0.2) is 67.3 Å². The lowest BCUT2D eigenvalue weighted by atomic mass is 9.96. The average molecular weight is 336 g/mol. The topological polar surface area (TPSA) is 104 Å². The van der Waals surface area contributed by atoms with Gasteiger partial charge >= 0.3 is 0 Å². The van der Waals surface area contributed by atoms with E-state index in [0.717, 1.165) is 11.1 Å². The molecule has 0 bridgehead atoms. The lowest BCUT2D eigenvalue weighted by Gasteiger charge is -2.20. The van der Waals surface area contributed by atoms with Crippen LogP contribution in [0.5, 0.6) is 0 Å². The van der Waals surface area contributed by atoms with Crippen molar-refractivity contribution in [2.75, 3.05) is 0 Å². The molecule has 0 radical (unpaired) electrons. The Morgan fingerprint density at radius 2 is 1.96 bits per heavy atom. The fourth-order valence-electron chi connectivity index (χ4n) is 2.85. The molecular formula is C18H16N4O3. The number of amides is 1. The Bertz CT molecular complexity index is 892. The zero-order chi connectivity index (χ0) is 17.8. The second kappa shape index (κ2) is 6.96. The van der Waals surface area contributed by atoms with Crippen LogP contribution in [0.1, 0.15) is 22.7 Å². The summed E-state index contributed by atoms with van der Waals surface area (Å²) in [5, 5.41) is 11.4. The first-order valence-corrected chi connectivity index (χ1v) is 7.64. The number of hydrogen-bond acceptors (Lipinski definition) is 4. The number of benzene rings is 2. The molecule has 7 nitrogen and oxygen atoms in total. The first-order valence-electron chi connectivity index (χ1n) is 7.64. The van der Waals surface area contributed by atoms with Crippen molar-refractivity contribution in [3.8, 4) is 0 Å². The summed E-state index contributed by atoms with van der Waals surface area (Å²) >= 11 is 0. The number of nitrogens with zero attached hydrogens (tertiary/aromatic N) is 3. The third-order valence-electron chi connectivity index (χ3n) is 3.92. The minimum absolute atomic E-state index is 0.114. The standard InChI is InChI=1S/C18H16N4O3/c19-17(23)11-14-6-7-15(10-16(14)22(24)25)18(21-9-8-20-12-21)13-4-2-1-3-5-13/h1-10,12,18H,11H2,(H2,19,23). The number of nitrogens with two attached hydrogens (primary N) is 1. The summed E-state index contributed by atoms with van der Waals surface area (Å²) in [5.74, 6) is -0.606. The highest BCUT2D eigenvalue weighted by molar-refractivity contribution is 5.78. The molecule has 0 aliphatic rings. The second-order valence-electron chi connectivity index (χ2n) is 5.61. The van der Waals surface area contributed by atoms with Crippen molar-refractivity contribution in [3.63, 3.8) is 0 Å². The lowest BCUT2D eigenvalue weighted by molar-refractivity contribution is -0.385. The van der Waals surface area contributed by atoms with Crippen molar-refractivity contribution in [2.24, 2.45) is 5.73 Å². The average Bonchev–Trinajstić information content (AvgIpc) is 3.11. The van der Waals surface area contributed by atoms with E-state index in [2.05, 4.69) is 4.98 Å². The number of nitro benzene ring substituents is 1. The van der Waals surface area contributed by atoms with Crippen LogP contribution in [0.25, 0.3) is 0 Å². The Kier molecular flexibility index (Phi) is 4.56. The molecule has 0 fully saturated rings. The molecule has 7 heteroatoms. The molecular weight excluding hydrogens is 320 g/mol. The van der Waals surface area contributed by atoms with Crippen molar-refractivity contribution in [2.45, 2.75) is 12.5 Å². The largest absolute Gasteiger partial charge is 0.369 e. The molecule has 0 aliphatic heterocycles. The zero-order valence-corrected chi connectivity index (χ0v) is 13.3. The molecule has 1 atom stereocenters. The van der Waals surface area contributed by atoms with Gasteiger partial charge in [-0.1, -0.05) is 42.5 Å². The number of carbonyl (C=O) groups is 1. The number of aromatic nitrogens is 2. The van der Waals surface area contributed by atoms with Crippen molar-refractivity contribution >= 4 is 11.6 Å². The summed E-state index contributed by atoms with van der Waals surface area (Å²) in [6, 6.07) is 14.2. The van der Waals surface area contributed by atoms with E-state index in [1.54, 1.807) is 30.9 Å². The molecule has 126 valence electrons. The fourth-order valence-corrected chi connectivity index (χ4v) is 2.85. The van der Waals surface area contributed by atoms with Crippen molar-refractivity contribution < 1.29 is 9.72 Å². The maximum Gasteiger partial charge on any atom is 0.273 e. The Morgan fingerprint density at radius 1 is 1.20 bits per heavy atom. The van der Waals surface area contributed by atoms with Crippen molar-refractivity contribution in [3.05, 3.63) is 94.1 Å². The van der Waals surface area contributed by atoms with Gasteiger partial charge in [0.25, 0.3) is 5.69 Å². The first-order chi connectivity index (χ1) is 12.1. The minimum Gasteiger partial charge on any atom is -0.369 e. The highest BCUT2D eigenvalue weighted by atomic mass is 16.6. The summed E-state index contributed by atoms with van der Waals surface area (Å²) in [4.78, 5) is 26.2. The molecule has 1 heterocycles. The van der Waals surface area contributed by atoms with E-state index in [1.165, 1.54) is 6.07 Å². The van der Waals surface area contributed by atoms with Crippen molar-refractivity contribution in [1.82, 2.24) is 9.55 Å². The zero-order valence-electron chi connectivity index (χ0n) is 13.3. The molecule has 0 saturated heterocycles. The number of primary amides is 1. The maximum absolute atomic E-state index is 11.4. The Balaban J connectivity index is 2.12. The van der Waals surface area contributed by atoms with Gasteiger partial charge in [-0.2, -0.15) is 0 Å². The van der Waals surface area contributed by atoms with Gasteiger partial charge in [0.15, 0.2) is 0 Å². The van der Waals surface area contributed by atoms with Gasteiger partial charge < -0.3 is 10.3 Å². The third-order valence-corrected chi connectivity index (χ3v) is 3.92. The van der Waals surface area contributed by atoms with Gasteiger partial charge in [0, 0.05) is 24.0 Å². The number of carbonyl (C=O) groups excluding carboxylic acids is 1. The predicted octanol–water partition coefficient (Wildman–Crippen LogP) is 2.46. The van der Waals surface area contributed by atoms with Gasteiger partial charge in [-0.3, -0.25) is 14.9 Å². The number of nitro groups is 1. The van der Waals surface area contributed by atoms with E-state index in [1.807, 2.05) is 34.9 Å². The molecule has 1 amide bonds. The van der Waals surface area contributed by atoms with Gasteiger partial charge in [0.2, 0.25) is 5.91 Å². The smallest absolute Gasteiger partial charge is 0.273 e. The van der Waals surface area contributed by atoms with Gasteiger partial charge in [-0.15, -0.1) is 0 Å². The second-order valence-corrected chi connectivity index (χ2v) is 5.61. The molecule has 1 unspecified atom stereocenters. The van der Waals surface area contributed by atoms with Crippen LogP contribution in [0, 0.1) is 10.1 Å². The monoisotopic (exact) mass is 336 g/mol. The van der Waals surface area contributed by atoms with Gasteiger partial charge in [0.1, 0.15) is 0 Å². The van der Waals surface area contributed by atoms with Gasteiger partial charge in [0.05, 0.1) is 23.7 Å². The van der Waals surface area contributed by atoms with Gasteiger partial charge in [-0.25, -0.2) is 4.98 Å². The quantitative estimate of drug-likeness (QED) is 0.551. The van der Waals surface area contributed by atoms with E-state index in [0.29, 0.717) is 5.56 Å². The normalized spacial score (nSPS) is 11.8. The van der Waals surface area contributed by atoms with E-state index < -0.39 is 10.8 Å².